The topological polar surface area (TPSA) is 24.4 Å². The van der Waals surface area contributed by atoms with Crippen molar-refractivity contribution in [2.45, 2.75) is 0 Å². The Balaban J connectivity index is 1.79. The van der Waals surface area contributed by atoms with Crippen molar-refractivity contribution in [2.24, 2.45) is 4.99 Å². The van der Waals surface area contributed by atoms with Crippen LogP contribution in [0.1, 0.15) is 16.7 Å². The van der Waals surface area contributed by atoms with Crippen LogP contribution < -0.4 is 5.32 Å². The van der Waals surface area contributed by atoms with E-state index in [4.69, 9.17) is 0 Å². The van der Waals surface area contributed by atoms with E-state index in [-0.39, 0.29) is 11.3 Å². The van der Waals surface area contributed by atoms with Gasteiger partial charge in [0.2, 0.25) is 0 Å². The van der Waals surface area contributed by atoms with E-state index in [1.165, 1.54) is 12.1 Å². The van der Waals surface area contributed by atoms with Gasteiger partial charge in [-0.05, 0) is 11.6 Å². The molecule has 0 radical (unpaired) electrons. The Bertz CT molecular complexity index is 939. The molecule has 0 amide bonds. The number of hydrogen-bond acceptors (Lipinski definition) is 2. The Labute approximate surface area is 156 Å². The molecule has 0 aliphatic carbocycles. The first kappa shape index (κ1) is 17.3. The Kier molecular flexibility index (Phi) is 4.90. The van der Waals surface area contributed by atoms with Gasteiger partial charge in [0, 0.05) is 41.9 Å². The number of halogens is 2. The summed E-state index contributed by atoms with van der Waals surface area (Å²) in [5.74, 6) is -1.21. The quantitative estimate of drug-likeness (QED) is 0.642. The second-order valence-electron chi connectivity index (χ2n) is 6.42. The van der Waals surface area contributed by atoms with Crippen molar-refractivity contribution in [1.82, 2.24) is 5.32 Å². The number of benzene rings is 3. The van der Waals surface area contributed by atoms with Gasteiger partial charge in [0.05, 0.1) is 11.4 Å². The highest BCUT2D eigenvalue weighted by Crippen LogP contribution is 2.25. The molecule has 4 heteroatoms. The molecule has 1 aliphatic rings. The lowest BCUT2D eigenvalue weighted by atomic mass is 10.0. The van der Waals surface area contributed by atoms with Crippen molar-refractivity contribution in [1.29, 1.82) is 0 Å². The normalized spacial score (nSPS) is 13.0. The smallest absolute Gasteiger partial charge is 0.135 e. The van der Waals surface area contributed by atoms with Crippen LogP contribution in [-0.4, -0.2) is 18.8 Å². The van der Waals surface area contributed by atoms with Crippen LogP contribution in [0.15, 0.2) is 83.4 Å². The summed E-state index contributed by atoms with van der Waals surface area (Å²) in [4.78, 5) is 4.58. The molecule has 3 aromatic carbocycles. The molecule has 1 aliphatic heterocycles. The van der Waals surface area contributed by atoms with Gasteiger partial charge in [-0.15, -0.1) is 0 Å². The first-order valence-electron chi connectivity index (χ1n) is 8.79. The van der Waals surface area contributed by atoms with Crippen LogP contribution in [0.3, 0.4) is 0 Å². The van der Waals surface area contributed by atoms with Crippen molar-refractivity contribution in [3.63, 3.8) is 0 Å². The highest BCUT2D eigenvalue weighted by molar-refractivity contribution is 6.13. The maximum absolute atomic E-state index is 14.5. The van der Waals surface area contributed by atoms with E-state index in [2.05, 4.69) is 10.3 Å². The summed E-state index contributed by atoms with van der Waals surface area (Å²) in [6.07, 6.45) is 1.57. The van der Waals surface area contributed by atoms with Gasteiger partial charge in [0.25, 0.3) is 0 Å². The van der Waals surface area contributed by atoms with Crippen molar-refractivity contribution in [3.8, 4) is 0 Å². The highest BCUT2D eigenvalue weighted by atomic mass is 19.1. The molecule has 0 atom stereocenters. The van der Waals surface area contributed by atoms with Crippen molar-refractivity contribution < 1.29 is 8.78 Å². The van der Waals surface area contributed by atoms with Crippen LogP contribution in [-0.2, 0) is 0 Å². The molecule has 134 valence electrons. The molecule has 0 saturated carbocycles. The third kappa shape index (κ3) is 3.86. The maximum atomic E-state index is 14.5. The molecular weight excluding hydrogens is 342 g/mol. The molecule has 0 bridgehead atoms. The second kappa shape index (κ2) is 7.64. The Morgan fingerprint density at radius 3 is 1.78 bits per heavy atom. The van der Waals surface area contributed by atoms with Crippen LogP contribution in [0.5, 0.6) is 0 Å². The maximum Gasteiger partial charge on any atom is 0.135 e. The van der Waals surface area contributed by atoms with E-state index < -0.39 is 11.6 Å². The van der Waals surface area contributed by atoms with E-state index in [1.54, 1.807) is 6.08 Å². The fourth-order valence-corrected chi connectivity index (χ4v) is 2.97. The lowest BCUT2D eigenvalue weighted by Crippen LogP contribution is -2.33. The fourth-order valence-electron chi connectivity index (χ4n) is 2.97. The summed E-state index contributed by atoms with van der Waals surface area (Å²) >= 11 is 0. The zero-order chi connectivity index (χ0) is 18.6. The molecule has 1 fully saturated rings. The summed E-state index contributed by atoms with van der Waals surface area (Å²) in [6, 6.07) is 21.8. The molecule has 1 N–H and O–H groups in total. The van der Waals surface area contributed by atoms with Crippen LogP contribution in [0.2, 0.25) is 0 Å². The average molecular weight is 360 g/mol. The van der Waals surface area contributed by atoms with Crippen LogP contribution in [0, 0.1) is 11.6 Å². The van der Waals surface area contributed by atoms with Gasteiger partial charge in [-0.25, -0.2) is 13.8 Å². The van der Waals surface area contributed by atoms with Gasteiger partial charge in [-0.3, -0.25) is 0 Å². The SMILES string of the molecule is Fc1cc(N=C(c2ccccc2)c2ccccc2)cc(F)c1C=C1CNC1. The number of aliphatic imine (C=N–C) groups is 1. The monoisotopic (exact) mass is 360 g/mol. The molecule has 0 unspecified atom stereocenters. The van der Waals surface area contributed by atoms with Crippen LogP contribution >= 0.6 is 0 Å². The van der Waals surface area contributed by atoms with E-state index in [1.807, 2.05) is 60.7 Å². The minimum Gasteiger partial charge on any atom is -0.309 e. The van der Waals surface area contributed by atoms with Gasteiger partial charge in [-0.2, -0.15) is 0 Å². The van der Waals surface area contributed by atoms with E-state index >= 15 is 0 Å². The molecule has 27 heavy (non-hydrogen) atoms. The molecule has 2 nitrogen and oxygen atoms in total. The number of hydrogen-bond donors (Lipinski definition) is 1. The molecule has 3 aromatic rings. The number of nitrogens with one attached hydrogen (secondary N) is 1. The summed E-state index contributed by atoms with van der Waals surface area (Å²) in [5.41, 5.74) is 3.67. The Hall–Kier alpha value is -3.11. The fraction of sp³-hybridized carbons (Fsp3) is 0.0870. The minimum atomic E-state index is -0.603. The average Bonchev–Trinajstić information content (AvgIpc) is 2.65. The molecule has 0 aromatic heterocycles. The van der Waals surface area contributed by atoms with Gasteiger partial charge >= 0.3 is 0 Å². The molecule has 0 spiro atoms. The predicted molar refractivity (Wildman–Crippen MR) is 105 cm³/mol. The van der Waals surface area contributed by atoms with E-state index in [0.29, 0.717) is 18.8 Å². The van der Waals surface area contributed by atoms with E-state index in [9.17, 15) is 8.78 Å². The van der Waals surface area contributed by atoms with Gasteiger partial charge in [-0.1, -0.05) is 60.7 Å². The zero-order valence-electron chi connectivity index (χ0n) is 14.6. The highest BCUT2D eigenvalue weighted by Gasteiger charge is 2.14. The molecule has 4 rings (SSSR count). The van der Waals surface area contributed by atoms with Crippen molar-refractivity contribution in [3.05, 3.63) is 107 Å². The van der Waals surface area contributed by atoms with Gasteiger partial charge in [0.1, 0.15) is 11.6 Å². The first-order chi connectivity index (χ1) is 13.2. The second-order valence-corrected chi connectivity index (χ2v) is 6.42. The standard InChI is InChI=1S/C23H18F2N2/c24-21-12-19(13-22(25)20(21)11-16-14-26-15-16)27-23(17-7-3-1-4-8-17)18-9-5-2-6-10-18/h1-13,26H,14-15H2. The third-order valence-electron chi connectivity index (χ3n) is 4.45. The summed E-state index contributed by atoms with van der Waals surface area (Å²) in [6.45, 7) is 1.34. The summed E-state index contributed by atoms with van der Waals surface area (Å²) in [7, 11) is 0. The number of nitrogens with zero attached hydrogens (tertiary/aromatic N) is 1. The molecular formula is C23H18F2N2. The summed E-state index contributed by atoms with van der Waals surface area (Å²) in [5, 5.41) is 3.06. The van der Waals surface area contributed by atoms with Crippen molar-refractivity contribution >= 4 is 17.5 Å². The minimum absolute atomic E-state index is 0.00794. The molecule has 1 heterocycles. The largest absolute Gasteiger partial charge is 0.309 e. The number of rotatable bonds is 4. The predicted octanol–water partition coefficient (Wildman–Crippen LogP) is 5.12. The summed E-state index contributed by atoms with van der Waals surface area (Å²) < 4.78 is 29.0. The zero-order valence-corrected chi connectivity index (χ0v) is 14.6. The van der Waals surface area contributed by atoms with E-state index in [0.717, 1.165) is 16.7 Å². The Morgan fingerprint density at radius 2 is 1.33 bits per heavy atom. The van der Waals surface area contributed by atoms with Gasteiger partial charge < -0.3 is 5.32 Å². The lowest BCUT2D eigenvalue weighted by Gasteiger charge is -2.18. The van der Waals surface area contributed by atoms with Gasteiger partial charge in [0.15, 0.2) is 0 Å². The Morgan fingerprint density at radius 1 is 0.815 bits per heavy atom. The van der Waals surface area contributed by atoms with Crippen molar-refractivity contribution in [2.75, 3.05) is 13.1 Å². The first-order valence-corrected chi connectivity index (χ1v) is 8.79. The van der Waals surface area contributed by atoms with Crippen LogP contribution in [0.25, 0.3) is 6.08 Å². The molecule has 1 saturated heterocycles. The lowest BCUT2D eigenvalue weighted by molar-refractivity contribution is 0.577. The van der Waals surface area contributed by atoms with Crippen LogP contribution in [0.4, 0.5) is 14.5 Å². The third-order valence-corrected chi connectivity index (χ3v) is 4.45.